The highest BCUT2D eigenvalue weighted by molar-refractivity contribution is 7.91. The minimum atomic E-state index is -3.36. The van der Waals surface area contributed by atoms with Crippen molar-refractivity contribution in [1.82, 2.24) is 4.90 Å². The second-order valence-corrected chi connectivity index (χ2v) is 7.21. The summed E-state index contributed by atoms with van der Waals surface area (Å²) in [4.78, 5) is 1.97. The summed E-state index contributed by atoms with van der Waals surface area (Å²) < 4.78 is 50.7. The minimum absolute atomic E-state index is 0.0592. The van der Waals surface area contributed by atoms with Gasteiger partial charge in [0.25, 0.3) is 0 Å². The third kappa shape index (κ3) is 4.35. The van der Waals surface area contributed by atoms with E-state index >= 15 is 0 Å². The third-order valence-corrected chi connectivity index (χ3v) is 5.01. The van der Waals surface area contributed by atoms with E-state index in [1.807, 2.05) is 0 Å². The summed E-state index contributed by atoms with van der Waals surface area (Å²) in [5.74, 6) is -1.32. The molecule has 22 heavy (non-hydrogen) atoms. The fraction of sp³-hybridized carbons (Fsp3) is 0.250. The van der Waals surface area contributed by atoms with E-state index in [-0.39, 0.29) is 23.7 Å². The maximum absolute atomic E-state index is 13.6. The van der Waals surface area contributed by atoms with Crippen molar-refractivity contribution in [1.29, 1.82) is 0 Å². The van der Waals surface area contributed by atoms with Gasteiger partial charge in [0.15, 0.2) is 9.84 Å². The third-order valence-electron chi connectivity index (χ3n) is 3.30. The molecule has 0 aliphatic rings. The van der Waals surface area contributed by atoms with E-state index in [1.165, 1.54) is 12.1 Å². The zero-order chi connectivity index (χ0) is 16.2. The molecule has 0 radical (unpaired) electrons. The van der Waals surface area contributed by atoms with Crippen LogP contribution < -0.4 is 0 Å². The molecule has 0 saturated heterocycles. The van der Waals surface area contributed by atoms with E-state index < -0.39 is 21.5 Å². The number of benzene rings is 2. The Hall–Kier alpha value is -1.79. The summed E-state index contributed by atoms with van der Waals surface area (Å²) in [5, 5.41) is 0. The van der Waals surface area contributed by atoms with Crippen molar-refractivity contribution >= 4 is 9.84 Å². The van der Waals surface area contributed by atoms with Crippen LogP contribution in [0, 0.1) is 11.6 Å². The van der Waals surface area contributed by atoms with Crippen LogP contribution in [0.3, 0.4) is 0 Å². The summed E-state index contributed by atoms with van der Waals surface area (Å²) in [7, 11) is -1.66. The smallest absolute Gasteiger partial charge is 0.179 e. The van der Waals surface area contributed by atoms with Crippen LogP contribution in [0.4, 0.5) is 8.78 Å². The molecular formula is C16H17F2NO2S. The van der Waals surface area contributed by atoms with E-state index in [1.54, 1.807) is 42.3 Å². The van der Waals surface area contributed by atoms with Crippen LogP contribution in [-0.2, 0) is 16.4 Å². The number of hydrogen-bond acceptors (Lipinski definition) is 3. The molecule has 0 spiro atoms. The topological polar surface area (TPSA) is 37.4 Å². The summed E-state index contributed by atoms with van der Waals surface area (Å²) in [5.41, 5.74) is 0.334. The highest BCUT2D eigenvalue weighted by Crippen LogP contribution is 2.13. The molecule has 2 rings (SSSR count). The number of hydrogen-bond donors (Lipinski definition) is 0. The van der Waals surface area contributed by atoms with Crippen LogP contribution in [0.1, 0.15) is 5.56 Å². The lowest BCUT2D eigenvalue weighted by Gasteiger charge is -2.17. The maximum atomic E-state index is 13.6. The molecule has 0 fully saturated rings. The van der Waals surface area contributed by atoms with Gasteiger partial charge in [-0.1, -0.05) is 24.3 Å². The molecule has 0 bridgehead atoms. The van der Waals surface area contributed by atoms with Gasteiger partial charge in [0.05, 0.1) is 10.6 Å². The van der Waals surface area contributed by atoms with Gasteiger partial charge in [-0.3, -0.25) is 0 Å². The van der Waals surface area contributed by atoms with Gasteiger partial charge in [0.2, 0.25) is 0 Å². The Kier molecular flexibility index (Phi) is 5.26. The lowest BCUT2D eigenvalue weighted by atomic mass is 10.2. The maximum Gasteiger partial charge on any atom is 0.179 e. The van der Waals surface area contributed by atoms with Crippen LogP contribution in [0.2, 0.25) is 0 Å². The molecule has 0 saturated carbocycles. The predicted octanol–water partition coefficient (Wildman–Crippen LogP) is 2.87. The Bertz CT molecular complexity index is 733. The molecule has 0 aliphatic carbocycles. The number of nitrogens with zero attached hydrogens (tertiary/aromatic N) is 1. The molecule has 0 aromatic heterocycles. The summed E-state index contributed by atoms with van der Waals surface area (Å²) in [6.45, 7) is 0.477. The minimum Gasteiger partial charge on any atom is -0.301 e. The Morgan fingerprint density at radius 2 is 1.73 bits per heavy atom. The van der Waals surface area contributed by atoms with Crippen LogP contribution in [-0.4, -0.2) is 32.7 Å². The molecular weight excluding hydrogens is 308 g/mol. The van der Waals surface area contributed by atoms with E-state index in [0.717, 1.165) is 6.07 Å². The largest absolute Gasteiger partial charge is 0.301 e. The summed E-state index contributed by atoms with van der Waals surface area (Å²) in [6.07, 6.45) is 0. The Morgan fingerprint density at radius 3 is 2.36 bits per heavy atom. The van der Waals surface area contributed by atoms with Crippen molar-refractivity contribution in [2.45, 2.75) is 11.4 Å². The van der Waals surface area contributed by atoms with E-state index in [2.05, 4.69) is 0 Å². The zero-order valence-corrected chi connectivity index (χ0v) is 13.0. The Balaban J connectivity index is 1.97. The van der Waals surface area contributed by atoms with Gasteiger partial charge in [-0.25, -0.2) is 17.2 Å². The first-order chi connectivity index (χ1) is 10.4. The van der Waals surface area contributed by atoms with E-state index in [9.17, 15) is 17.2 Å². The lowest BCUT2D eigenvalue weighted by Crippen LogP contribution is -2.25. The number of halogens is 2. The van der Waals surface area contributed by atoms with Crippen molar-refractivity contribution in [3.8, 4) is 0 Å². The fourth-order valence-corrected chi connectivity index (χ4v) is 3.40. The standard InChI is InChI=1S/C16H17F2NO2S/c1-19(12-13-7-8-14(17)11-16(13)18)9-10-22(20,21)15-5-3-2-4-6-15/h2-8,11H,9-10,12H2,1H3. The van der Waals surface area contributed by atoms with Gasteiger partial charge >= 0.3 is 0 Å². The van der Waals surface area contributed by atoms with Crippen LogP contribution >= 0.6 is 0 Å². The SMILES string of the molecule is CN(CCS(=O)(=O)c1ccccc1)Cc1ccc(F)cc1F. The Labute approximate surface area is 129 Å². The zero-order valence-electron chi connectivity index (χ0n) is 12.2. The first kappa shape index (κ1) is 16.6. The summed E-state index contributed by atoms with van der Waals surface area (Å²) >= 11 is 0. The molecule has 0 aliphatic heterocycles. The molecule has 0 unspecified atom stereocenters. The van der Waals surface area contributed by atoms with Crippen LogP contribution in [0.15, 0.2) is 53.4 Å². The van der Waals surface area contributed by atoms with Gasteiger partial charge in [-0.2, -0.15) is 0 Å². The second kappa shape index (κ2) is 6.98. The molecule has 0 N–H and O–H groups in total. The van der Waals surface area contributed by atoms with Gasteiger partial charge in [0.1, 0.15) is 11.6 Å². The van der Waals surface area contributed by atoms with Gasteiger partial charge in [-0.05, 0) is 25.2 Å². The first-order valence-corrected chi connectivity index (χ1v) is 8.44. The predicted molar refractivity (Wildman–Crippen MR) is 81.2 cm³/mol. The van der Waals surface area contributed by atoms with Crippen LogP contribution in [0.25, 0.3) is 0 Å². The molecule has 3 nitrogen and oxygen atoms in total. The first-order valence-electron chi connectivity index (χ1n) is 6.79. The monoisotopic (exact) mass is 325 g/mol. The molecule has 118 valence electrons. The van der Waals surface area contributed by atoms with Crippen molar-refractivity contribution in [3.05, 3.63) is 65.7 Å². The average Bonchev–Trinajstić information content (AvgIpc) is 2.49. The molecule has 2 aromatic carbocycles. The van der Waals surface area contributed by atoms with Gasteiger partial charge < -0.3 is 4.90 Å². The molecule has 0 atom stereocenters. The molecule has 0 amide bonds. The summed E-state index contributed by atoms with van der Waals surface area (Å²) in [6, 6.07) is 11.6. The van der Waals surface area contributed by atoms with Crippen molar-refractivity contribution < 1.29 is 17.2 Å². The van der Waals surface area contributed by atoms with Crippen molar-refractivity contribution in [3.63, 3.8) is 0 Å². The van der Waals surface area contributed by atoms with Crippen LogP contribution in [0.5, 0.6) is 0 Å². The quantitative estimate of drug-likeness (QED) is 0.819. The molecule has 2 aromatic rings. The average molecular weight is 325 g/mol. The Morgan fingerprint density at radius 1 is 1.05 bits per heavy atom. The van der Waals surface area contributed by atoms with Gasteiger partial charge in [-0.15, -0.1) is 0 Å². The van der Waals surface area contributed by atoms with Crippen molar-refractivity contribution in [2.24, 2.45) is 0 Å². The number of rotatable bonds is 6. The second-order valence-electron chi connectivity index (χ2n) is 5.11. The normalized spacial score (nSPS) is 11.8. The van der Waals surface area contributed by atoms with E-state index in [4.69, 9.17) is 0 Å². The van der Waals surface area contributed by atoms with Crippen molar-refractivity contribution in [2.75, 3.05) is 19.3 Å². The van der Waals surface area contributed by atoms with E-state index in [0.29, 0.717) is 5.56 Å². The fourth-order valence-electron chi connectivity index (χ4n) is 2.04. The number of sulfone groups is 1. The molecule has 6 heteroatoms. The lowest BCUT2D eigenvalue weighted by molar-refractivity contribution is 0.339. The van der Waals surface area contributed by atoms with Gasteiger partial charge in [0, 0.05) is 24.7 Å². The molecule has 0 heterocycles. The highest BCUT2D eigenvalue weighted by atomic mass is 32.2. The highest BCUT2D eigenvalue weighted by Gasteiger charge is 2.15.